The van der Waals surface area contributed by atoms with Crippen LogP contribution in [0.1, 0.15) is 15.9 Å². The molecule has 0 saturated heterocycles. The van der Waals surface area contributed by atoms with Crippen LogP contribution in [0.2, 0.25) is 0 Å². The zero-order valence-electron chi connectivity index (χ0n) is 14.3. The van der Waals surface area contributed by atoms with Gasteiger partial charge in [-0.2, -0.15) is 0 Å². The van der Waals surface area contributed by atoms with E-state index in [0.717, 1.165) is 27.7 Å². The Morgan fingerprint density at radius 2 is 1.59 bits per heavy atom. The van der Waals surface area contributed by atoms with Gasteiger partial charge in [0.2, 0.25) is 0 Å². The lowest BCUT2D eigenvalue weighted by Gasteiger charge is -2.04. The highest BCUT2D eigenvalue weighted by Crippen LogP contribution is 2.22. The molecule has 4 rings (SSSR count). The van der Waals surface area contributed by atoms with Crippen LogP contribution in [0, 0.1) is 5.82 Å². The SMILES string of the molecule is O=C(/C=C/c1ccc2nccnc2c1)c1ccc(-c2ccccc2)cc1F. The number of rotatable bonds is 4. The normalized spacial score (nSPS) is 11.1. The van der Waals surface area contributed by atoms with Gasteiger partial charge >= 0.3 is 0 Å². The first-order valence-electron chi connectivity index (χ1n) is 8.49. The minimum absolute atomic E-state index is 0.0477. The number of carbonyl (C=O) groups is 1. The summed E-state index contributed by atoms with van der Waals surface area (Å²) in [5.41, 5.74) is 4.02. The predicted octanol–water partition coefficient (Wildman–Crippen LogP) is 5.33. The quantitative estimate of drug-likeness (QED) is 0.367. The summed E-state index contributed by atoms with van der Waals surface area (Å²) in [4.78, 5) is 20.8. The molecule has 4 aromatic rings. The molecule has 0 fully saturated rings. The van der Waals surface area contributed by atoms with Crippen LogP contribution in [-0.4, -0.2) is 15.8 Å². The van der Waals surface area contributed by atoms with Gasteiger partial charge < -0.3 is 0 Å². The molecule has 1 aromatic heterocycles. The molecule has 0 amide bonds. The largest absolute Gasteiger partial charge is 0.289 e. The molecule has 0 bridgehead atoms. The fourth-order valence-corrected chi connectivity index (χ4v) is 2.87. The van der Waals surface area contributed by atoms with Gasteiger partial charge in [0.15, 0.2) is 5.78 Å². The molecule has 0 saturated carbocycles. The third kappa shape index (κ3) is 3.65. The third-order valence-corrected chi connectivity index (χ3v) is 4.26. The maximum atomic E-state index is 14.4. The van der Waals surface area contributed by atoms with Crippen LogP contribution in [0.3, 0.4) is 0 Å². The molecule has 27 heavy (non-hydrogen) atoms. The molecule has 0 radical (unpaired) electrons. The molecule has 0 aliphatic heterocycles. The first-order valence-corrected chi connectivity index (χ1v) is 8.49. The molecule has 1 heterocycles. The van der Waals surface area contributed by atoms with E-state index in [9.17, 15) is 9.18 Å². The average molecular weight is 354 g/mol. The second kappa shape index (κ2) is 7.30. The number of ketones is 1. The van der Waals surface area contributed by atoms with Gasteiger partial charge in [0.1, 0.15) is 5.82 Å². The van der Waals surface area contributed by atoms with E-state index >= 15 is 0 Å². The number of carbonyl (C=O) groups excluding carboxylic acids is 1. The van der Waals surface area contributed by atoms with Crippen molar-refractivity contribution in [2.24, 2.45) is 0 Å². The lowest BCUT2D eigenvalue weighted by Crippen LogP contribution is -1.99. The molecule has 4 heteroatoms. The van der Waals surface area contributed by atoms with Crippen molar-refractivity contribution >= 4 is 22.9 Å². The van der Waals surface area contributed by atoms with Gasteiger partial charge in [-0.3, -0.25) is 14.8 Å². The third-order valence-electron chi connectivity index (χ3n) is 4.26. The Kier molecular flexibility index (Phi) is 4.54. The Morgan fingerprint density at radius 1 is 0.815 bits per heavy atom. The van der Waals surface area contributed by atoms with Crippen LogP contribution in [0.4, 0.5) is 4.39 Å². The van der Waals surface area contributed by atoms with E-state index in [1.807, 2.05) is 48.5 Å². The van der Waals surface area contributed by atoms with E-state index < -0.39 is 5.82 Å². The number of hydrogen-bond acceptors (Lipinski definition) is 3. The second-order valence-corrected chi connectivity index (χ2v) is 6.06. The van der Waals surface area contributed by atoms with Gasteiger partial charge in [-0.25, -0.2) is 4.39 Å². The smallest absolute Gasteiger partial charge is 0.188 e. The van der Waals surface area contributed by atoms with Gasteiger partial charge in [-0.1, -0.05) is 48.5 Å². The summed E-state index contributed by atoms with van der Waals surface area (Å²) < 4.78 is 14.4. The first kappa shape index (κ1) is 16.8. The van der Waals surface area contributed by atoms with Gasteiger partial charge in [0, 0.05) is 12.4 Å². The van der Waals surface area contributed by atoms with Gasteiger partial charge in [-0.15, -0.1) is 0 Å². The van der Waals surface area contributed by atoms with E-state index in [2.05, 4.69) is 9.97 Å². The summed E-state index contributed by atoms with van der Waals surface area (Å²) in [6, 6.07) is 19.7. The highest BCUT2D eigenvalue weighted by Gasteiger charge is 2.10. The summed E-state index contributed by atoms with van der Waals surface area (Å²) in [6.45, 7) is 0. The fraction of sp³-hybridized carbons (Fsp3) is 0. The van der Waals surface area contributed by atoms with Crippen LogP contribution >= 0.6 is 0 Å². The molecule has 0 aliphatic rings. The van der Waals surface area contributed by atoms with E-state index in [0.29, 0.717) is 0 Å². The zero-order chi connectivity index (χ0) is 18.6. The summed E-state index contributed by atoms with van der Waals surface area (Å²) in [5.74, 6) is -0.915. The lowest BCUT2D eigenvalue weighted by atomic mass is 10.0. The standard InChI is InChI=1S/C23H15FN2O/c24-20-15-18(17-4-2-1-3-5-17)8-9-19(20)23(27)11-7-16-6-10-21-22(14-16)26-13-12-25-21/h1-15H/b11-7+. The Labute approximate surface area is 155 Å². The number of aromatic nitrogens is 2. The predicted molar refractivity (Wildman–Crippen MR) is 105 cm³/mol. The van der Waals surface area contributed by atoms with Gasteiger partial charge in [0.25, 0.3) is 0 Å². The second-order valence-electron chi connectivity index (χ2n) is 6.06. The number of fused-ring (bicyclic) bond motifs is 1. The minimum atomic E-state index is -0.532. The minimum Gasteiger partial charge on any atom is -0.289 e. The first-order chi connectivity index (χ1) is 13.2. The van der Waals surface area contributed by atoms with E-state index in [1.54, 1.807) is 24.5 Å². The highest BCUT2D eigenvalue weighted by atomic mass is 19.1. The Bertz CT molecular complexity index is 1150. The van der Waals surface area contributed by atoms with Crippen molar-refractivity contribution in [3.8, 4) is 11.1 Å². The zero-order valence-corrected chi connectivity index (χ0v) is 14.3. The van der Waals surface area contributed by atoms with Crippen molar-refractivity contribution in [3.05, 3.63) is 102 Å². The Hall–Kier alpha value is -3.66. The molecule has 130 valence electrons. The summed E-state index contributed by atoms with van der Waals surface area (Å²) in [5, 5.41) is 0. The van der Waals surface area contributed by atoms with E-state index in [-0.39, 0.29) is 11.3 Å². The molecule has 3 nitrogen and oxygen atoms in total. The van der Waals surface area contributed by atoms with Crippen LogP contribution < -0.4 is 0 Å². The van der Waals surface area contributed by atoms with Crippen molar-refractivity contribution in [1.82, 2.24) is 9.97 Å². The molecular formula is C23H15FN2O. The summed E-state index contributed by atoms with van der Waals surface area (Å²) in [7, 11) is 0. The highest BCUT2D eigenvalue weighted by molar-refractivity contribution is 6.07. The van der Waals surface area contributed by atoms with E-state index in [1.165, 1.54) is 18.2 Å². The monoisotopic (exact) mass is 354 g/mol. The Balaban J connectivity index is 1.57. The maximum Gasteiger partial charge on any atom is 0.188 e. The molecular weight excluding hydrogens is 339 g/mol. The summed E-state index contributed by atoms with van der Waals surface area (Å²) >= 11 is 0. The number of benzene rings is 3. The number of hydrogen-bond donors (Lipinski definition) is 0. The fourth-order valence-electron chi connectivity index (χ4n) is 2.87. The topological polar surface area (TPSA) is 42.9 Å². The van der Waals surface area contributed by atoms with Crippen molar-refractivity contribution in [3.63, 3.8) is 0 Å². The molecule has 0 unspecified atom stereocenters. The molecule has 0 atom stereocenters. The molecule has 0 N–H and O–H groups in total. The van der Waals surface area contributed by atoms with Gasteiger partial charge in [-0.05, 0) is 47.0 Å². The van der Waals surface area contributed by atoms with Crippen LogP contribution in [0.15, 0.2) is 85.2 Å². The van der Waals surface area contributed by atoms with Crippen molar-refractivity contribution in [2.45, 2.75) is 0 Å². The van der Waals surface area contributed by atoms with Crippen molar-refractivity contribution in [1.29, 1.82) is 0 Å². The average Bonchev–Trinajstić information content (AvgIpc) is 2.72. The van der Waals surface area contributed by atoms with Crippen LogP contribution in [-0.2, 0) is 0 Å². The van der Waals surface area contributed by atoms with Crippen molar-refractivity contribution < 1.29 is 9.18 Å². The van der Waals surface area contributed by atoms with Crippen LogP contribution in [0.5, 0.6) is 0 Å². The number of halogens is 1. The molecule has 0 spiro atoms. The summed E-state index contributed by atoms with van der Waals surface area (Å²) in [6.07, 6.45) is 6.27. The van der Waals surface area contributed by atoms with E-state index in [4.69, 9.17) is 0 Å². The molecule has 0 aliphatic carbocycles. The number of nitrogens with zero attached hydrogens (tertiary/aromatic N) is 2. The number of allylic oxidation sites excluding steroid dienone is 1. The maximum absolute atomic E-state index is 14.4. The lowest BCUT2D eigenvalue weighted by molar-refractivity contribution is 0.104. The Morgan fingerprint density at radius 3 is 2.37 bits per heavy atom. The molecule has 3 aromatic carbocycles. The van der Waals surface area contributed by atoms with Crippen LogP contribution in [0.25, 0.3) is 28.2 Å². The van der Waals surface area contributed by atoms with Gasteiger partial charge in [0.05, 0.1) is 16.6 Å². The van der Waals surface area contributed by atoms with Crippen molar-refractivity contribution in [2.75, 3.05) is 0 Å².